The Morgan fingerprint density at radius 3 is 2.78 bits per heavy atom. The Kier molecular flexibility index (Phi) is 6.73. The van der Waals surface area contributed by atoms with Crippen molar-refractivity contribution in [3.63, 3.8) is 0 Å². The number of rotatable bonds is 8. The molecule has 0 saturated heterocycles. The number of amides is 1. The van der Waals surface area contributed by atoms with Gasteiger partial charge in [-0.1, -0.05) is 33.7 Å². The van der Waals surface area contributed by atoms with Crippen molar-refractivity contribution in [1.29, 1.82) is 0 Å². The van der Waals surface area contributed by atoms with Crippen molar-refractivity contribution < 1.29 is 14.7 Å². The molecule has 7 heteroatoms. The Morgan fingerprint density at radius 2 is 2.00 bits per heavy atom. The van der Waals surface area contributed by atoms with Gasteiger partial charge in [0.15, 0.2) is 0 Å². The number of carbonyl (C=O) groups excluding carboxylic acids is 1. The van der Waals surface area contributed by atoms with E-state index in [4.69, 9.17) is 5.11 Å². The Balaban J connectivity index is 1.83. The van der Waals surface area contributed by atoms with E-state index in [9.17, 15) is 9.59 Å². The van der Waals surface area contributed by atoms with Crippen LogP contribution in [0, 0.1) is 6.92 Å². The van der Waals surface area contributed by atoms with Crippen molar-refractivity contribution >= 4 is 44.4 Å². The van der Waals surface area contributed by atoms with E-state index in [0.29, 0.717) is 17.9 Å². The molecule has 0 aliphatic carbocycles. The molecule has 0 aliphatic heterocycles. The predicted octanol–water partition coefficient (Wildman–Crippen LogP) is 3.13. The topological polar surface area (TPSA) is 79.3 Å². The van der Waals surface area contributed by atoms with Crippen LogP contribution < -0.4 is 5.32 Å². The van der Waals surface area contributed by atoms with E-state index in [1.165, 1.54) is 10.8 Å². The van der Waals surface area contributed by atoms with Crippen LogP contribution in [0.15, 0.2) is 30.5 Å². The van der Waals surface area contributed by atoms with E-state index >= 15 is 0 Å². The molecule has 2 rings (SSSR count). The highest BCUT2D eigenvalue weighted by atomic mass is 33.1. The minimum atomic E-state index is -0.786. The molecule has 0 atom stereocenters. The normalized spacial score (nSPS) is 10.7. The number of carbonyl (C=O) groups is 2. The highest BCUT2D eigenvalue weighted by Crippen LogP contribution is 2.21. The van der Waals surface area contributed by atoms with Crippen LogP contribution in [0.2, 0.25) is 0 Å². The third kappa shape index (κ3) is 5.44. The van der Waals surface area contributed by atoms with E-state index in [2.05, 4.69) is 10.3 Å². The summed E-state index contributed by atoms with van der Waals surface area (Å²) in [5, 5.41) is 12.3. The lowest BCUT2D eigenvalue weighted by Crippen LogP contribution is -2.25. The van der Waals surface area contributed by atoms with E-state index < -0.39 is 5.97 Å². The molecule has 1 aromatic carbocycles. The molecule has 0 fully saturated rings. The molecule has 0 bridgehead atoms. The fourth-order valence-electron chi connectivity index (χ4n) is 2.00. The molecular formula is C16H18N2O3S2. The van der Waals surface area contributed by atoms with E-state index in [1.807, 2.05) is 25.1 Å². The number of aromatic nitrogens is 1. The Hall–Kier alpha value is -1.73. The number of benzene rings is 1. The van der Waals surface area contributed by atoms with Crippen molar-refractivity contribution in [2.24, 2.45) is 0 Å². The summed E-state index contributed by atoms with van der Waals surface area (Å²) < 4.78 is 0. The van der Waals surface area contributed by atoms with E-state index in [1.54, 1.807) is 23.1 Å². The summed E-state index contributed by atoms with van der Waals surface area (Å²) in [4.78, 5) is 27.0. The second kappa shape index (κ2) is 8.79. The van der Waals surface area contributed by atoms with Crippen molar-refractivity contribution in [2.45, 2.75) is 13.3 Å². The van der Waals surface area contributed by atoms with Gasteiger partial charge in [0.2, 0.25) is 0 Å². The van der Waals surface area contributed by atoms with Crippen molar-refractivity contribution in [2.75, 3.05) is 18.1 Å². The van der Waals surface area contributed by atoms with Gasteiger partial charge in [0.05, 0.1) is 17.5 Å². The van der Waals surface area contributed by atoms with E-state index in [-0.39, 0.29) is 12.3 Å². The molecule has 1 aromatic heterocycles. The number of carboxylic acids is 1. The predicted molar refractivity (Wildman–Crippen MR) is 96.0 cm³/mol. The summed E-state index contributed by atoms with van der Waals surface area (Å²) in [5.41, 5.74) is 2.55. The second-order valence-electron chi connectivity index (χ2n) is 4.92. The fraction of sp³-hybridized carbons (Fsp3) is 0.312. The number of aryl methyl sites for hydroxylation is 1. The summed E-state index contributed by atoms with van der Waals surface area (Å²) >= 11 is 0. The van der Waals surface area contributed by atoms with Crippen molar-refractivity contribution in [1.82, 2.24) is 10.3 Å². The first kappa shape index (κ1) is 17.6. The molecule has 0 radical (unpaired) electrons. The average molecular weight is 350 g/mol. The third-order valence-electron chi connectivity index (χ3n) is 3.10. The number of carboxylic acid groups (broad SMARTS) is 1. The van der Waals surface area contributed by atoms with Crippen LogP contribution in [-0.2, 0) is 4.79 Å². The molecule has 23 heavy (non-hydrogen) atoms. The van der Waals surface area contributed by atoms with Gasteiger partial charge in [-0.15, -0.1) is 0 Å². The first-order valence-electron chi connectivity index (χ1n) is 7.17. The van der Waals surface area contributed by atoms with Gasteiger partial charge in [-0.3, -0.25) is 14.6 Å². The molecule has 0 saturated carbocycles. The Morgan fingerprint density at radius 1 is 1.22 bits per heavy atom. The molecular weight excluding hydrogens is 332 g/mol. The summed E-state index contributed by atoms with van der Waals surface area (Å²) in [5.74, 6) is 0.407. The average Bonchev–Trinajstić information content (AvgIpc) is 2.52. The lowest BCUT2D eigenvalue weighted by molar-refractivity contribution is -0.136. The van der Waals surface area contributed by atoms with Gasteiger partial charge in [0.25, 0.3) is 5.91 Å². The zero-order chi connectivity index (χ0) is 16.7. The first-order valence-corrected chi connectivity index (χ1v) is 9.66. The van der Waals surface area contributed by atoms with Crippen LogP contribution in [0.3, 0.4) is 0 Å². The van der Waals surface area contributed by atoms with Crippen LogP contribution in [0.25, 0.3) is 10.9 Å². The summed E-state index contributed by atoms with van der Waals surface area (Å²) in [6, 6.07) is 7.57. The lowest BCUT2D eigenvalue weighted by atomic mass is 10.1. The number of nitrogens with one attached hydrogen (secondary N) is 1. The second-order valence-corrected chi connectivity index (χ2v) is 7.62. The summed E-state index contributed by atoms with van der Waals surface area (Å²) in [6.07, 6.45) is 1.81. The van der Waals surface area contributed by atoms with Crippen molar-refractivity contribution in [3.05, 3.63) is 41.6 Å². The molecule has 2 aromatic rings. The maximum atomic E-state index is 12.3. The maximum absolute atomic E-state index is 12.3. The summed E-state index contributed by atoms with van der Waals surface area (Å²) in [7, 11) is 3.07. The van der Waals surface area contributed by atoms with Gasteiger partial charge in [-0.2, -0.15) is 0 Å². The van der Waals surface area contributed by atoms with Crippen LogP contribution in [0.4, 0.5) is 0 Å². The first-order chi connectivity index (χ1) is 11.1. The number of aliphatic carboxylic acids is 1. The summed E-state index contributed by atoms with van der Waals surface area (Å²) in [6.45, 7) is 2.53. The highest BCUT2D eigenvalue weighted by molar-refractivity contribution is 8.76. The van der Waals surface area contributed by atoms with Gasteiger partial charge in [0, 0.05) is 29.6 Å². The Bertz CT molecular complexity index is 707. The van der Waals surface area contributed by atoms with Gasteiger partial charge in [-0.25, -0.2) is 0 Å². The minimum Gasteiger partial charge on any atom is -0.481 e. The minimum absolute atomic E-state index is 0.114. The van der Waals surface area contributed by atoms with Gasteiger partial charge < -0.3 is 10.4 Å². The quantitative estimate of drug-likeness (QED) is 0.562. The zero-order valence-electron chi connectivity index (χ0n) is 12.7. The molecule has 2 N–H and O–H groups in total. The smallest absolute Gasteiger partial charge is 0.304 e. The maximum Gasteiger partial charge on any atom is 0.304 e. The number of pyridine rings is 1. The molecule has 5 nitrogen and oxygen atoms in total. The molecule has 1 heterocycles. The van der Waals surface area contributed by atoms with E-state index in [0.717, 1.165) is 22.2 Å². The van der Waals surface area contributed by atoms with Crippen molar-refractivity contribution in [3.8, 4) is 0 Å². The van der Waals surface area contributed by atoms with Crippen LogP contribution in [0.5, 0.6) is 0 Å². The third-order valence-corrected chi connectivity index (χ3v) is 5.50. The largest absolute Gasteiger partial charge is 0.481 e. The Labute approximate surface area is 142 Å². The SMILES string of the molecule is Cc1ccc2c(C(=O)NCCSSCCC(=O)O)ccnc2c1. The van der Waals surface area contributed by atoms with Crippen LogP contribution in [0.1, 0.15) is 22.3 Å². The number of hydrogen-bond acceptors (Lipinski definition) is 5. The molecule has 122 valence electrons. The standard InChI is InChI=1S/C16H18N2O3S2/c1-11-2-3-12-13(4-6-17-14(12)10-11)16(21)18-7-9-23-22-8-5-15(19)20/h2-4,6,10H,5,7-9H2,1H3,(H,18,21)(H,19,20). The molecule has 1 amide bonds. The molecule has 0 unspecified atom stereocenters. The highest BCUT2D eigenvalue weighted by Gasteiger charge is 2.10. The van der Waals surface area contributed by atoms with Crippen LogP contribution in [-0.4, -0.2) is 40.0 Å². The molecule has 0 aliphatic rings. The van der Waals surface area contributed by atoms with Gasteiger partial charge in [-0.05, 0) is 24.6 Å². The fourth-order valence-corrected chi connectivity index (χ4v) is 3.89. The lowest BCUT2D eigenvalue weighted by Gasteiger charge is -2.08. The number of nitrogens with zero attached hydrogens (tertiary/aromatic N) is 1. The van der Waals surface area contributed by atoms with Crippen LogP contribution >= 0.6 is 21.6 Å². The zero-order valence-corrected chi connectivity index (χ0v) is 14.4. The number of hydrogen-bond donors (Lipinski definition) is 2. The monoisotopic (exact) mass is 350 g/mol. The van der Waals surface area contributed by atoms with Gasteiger partial charge >= 0.3 is 5.97 Å². The molecule has 0 spiro atoms. The number of fused-ring (bicyclic) bond motifs is 1. The van der Waals surface area contributed by atoms with Gasteiger partial charge in [0.1, 0.15) is 0 Å².